The molecule has 0 N–H and O–H groups in total. The molecular weight excluding hydrogens is 268 g/mol. The van der Waals surface area contributed by atoms with Gasteiger partial charge in [-0.3, -0.25) is 0 Å². The molecule has 2 aliphatic rings. The molecule has 102 valence electrons. The average Bonchev–Trinajstić information content (AvgIpc) is 2.42. The Morgan fingerprint density at radius 3 is 2.79 bits per heavy atom. The van der Waals surface area contributed by atoms with E-state index in [4.69, 9.17) is 19.2 Å². The lowest BCUT2D eigenvalue weighted by molar-refractivity contribution is -0.586. The topological polar surface area (TPSA) is 54.0 Å². The van der Waals surface area contributed by atoms with Crippen LogP contribution < -0.4 is 0 Å². The molecular formula is C13H14O5S. The van der Waals surface area contributed by atoms with E-state index in [-0.39, 0.29) is 6.61 Å². The molecule has 0 unspecified atom stereocenters. The lowest BCUT2D eigenvalue weighted by Crippen LogP contribution is -2.70. The quantitative estimate of drug-likeness (QED) is 0.622. The highest BCUT2D eigenvalue weighted by Crippen LogP contribution is 2.58. The van der Waals surface area contributed by atoms with Crippen molar-refractivity contribution in [1.82, 2.24) is 0 Å². The van der Waals surface area contributed by atoms with Crippen LogP contribution in [0.3, 0.4) is 0 Å². The Hall–Kier alpha value is -1.08. The standard InChI is InChI=1S/C13H14O5S/c1-2-15-11(14)13-12(17-18-13,16-8-9-19-13)10-6-4-3-5-7-10/h3-7H,2,8-9H2,1H3/t12-,13-/m0/s1. The van der Waals surface area contributed by atoms with Gasteiger partial charge in [-0.25, -0.2) is 4.79 Å². The minimum atomic E-state index is -1.26. The maximum Gasteiger partial charge on any atom is 0.358 e. The zero-order valence-electron chi connectivity index (χ0n) is 10.5. The Morgan fingerprint density at radius 2 is 2.16 bits per heavy atom. The van der Waals surface area contributed by atoms with Crippen molar-refractivity contribution in [2.75, 3.05) is 19.0 Å². The van der Waals surface area contributed by atoms with Crippen molar-refractivity contribution in [3.63, 3.8) is 0 Å². The molecule has 2 aliphatic heterocycles. The summed E-state index contributed by atoms with van der Waals surface area (Å²) in [5.74, 6) is -1.02. The van der Waals surface area contributed by atoms with Crippen LogP contribution in [0.15, 0.2) is 30.3 Å². The molecule has 1 aromatic rings. The SMILES string of the molecule is CCOC(=O)[C@@]12OO[C@]1(c1ccccc1)OCCS2. The summed E-state index contributed by atoms with van der Waals surface area (Å²) < 4.78 is 10.9. The predicted octanol–water partition coefficient (Wildman–Crippen LogP) is 1.82. The first-order chi connectivity index (χ1) is 9.25. The molecule has 0 radical (unpaired) electrons. The van der Waals surface area contributed by atoms with E-state index in [1.807, 2.05) is 30.3 Å². The van der Waals surface area contributed by atoms with Crippen LogP contribution in [0.5, 0.6) is 0 Å². The van der Waals surface area contributed by atoms with E-state index in [1.165, 1.54) is 11.8 Å². The number of carbonyl (C=O) groups excluding carboxylic acids is 1. The van der Waals surface area contributed by atoms with Crippen LogP contribution in [0.4, 0.5) is 0 Å². The Labute approximate surface area is 115 Å². The Bertz CT molecular complexity index is 479. The van der Waals surface area contributed by atoms with Crippen LogP contribution >= 0.6 is 11.8 Å². The van der Waals surface area contributed by atoms with Gasteiger partial charge in [0, 0.05) is 11.3 Å². The van der Waals surface area contributed by atoms with Crippen LogP contribution in [0.25, 0.3) is 0 Å². The molecule has 3 rings (SSSR count). The number of hydrogen-bond donors (Lipinski definition) is 0. The number of fused-ring (bicyclic) bond motifs is 1. The van der Waals surface area contributed by atoms with Crippen molar-refractivity contribution in [2.45, 2.75) is 17.6 Å². The van der Waals surface area contributed by atoms with Gasteiger partial charge >= 0.3 is 10.9 Å². The third-order valence-corrected chi connectivity index (χ3v) is 4.38. The second kappa shape index (κ2) is 4.79. The third-order valence-electron chi connectivity index (χ3n) is 3.10. The molecule has 0 spiro atoms. The zero-order valence-corrected chi connectivity index (χ0v) is 11.3. The van der Waals surface area contributed by atoms with Crippen LogP contribution in [0, 0.1) is 0 Å². The average molecular weight is 282 g/mol. The summed E-state index contributed by atoms with van der Waals surface area (Å²) in [6.45, 7) is 2.53. The van der Waals surface area contributed by atoms with E-state index in [0.29, 0.717) is 12.4 Å². The minimum Gasteiger partial charge on any atom is -0.463 e. The molecule has 1 aromatic carbocycles. The van der Waals surface area contributed by atoms with Gasteiger partial charge in [0.05, 0.1) is 13.2 Å². The van der Waals surface area contributed by atoms with Crippen molar-refractivity contribution in [3.05, 3.63) is 35.9 Å². The molecule has 0 amide bonds. The zero-order chi connectivity index (χ0) is 13.3. The third kappa shape index (κ3) is 1.71. The van der Waals surface area contributed by atoms with E-state index < -0.39 is 16.7 Å². The Kier molecular flexibility index (Phi) is 3.26. The highest BCUT2D eigenvalue weighted by molar-refractivity contribution is 8.01. The monoisotopic (exact) mass is 282 g/mol. The number of hydrogen-bond acceptors (Lipinski definition) is 6. The van der Waals surface area contributed by atoms with Gasteiger partial charge in [-0.15, -0.1) is 11.8 Å². The van der Waals surface area contributed by atoms with E-state index in [2.05, 4.69) is 0 Å². The fourth-order valence-electron chi connectivity index (χ4n) is 2.23. The number of esters is 1. The predicted molar refractivity (Wildman–Crippen MR) is 68.1 cm³/mol. The summed E-state index contributed by atoms with van der Waals surface area (Å²) in [7, 11) is 0. The van der Waals surface area contributed by atoms with Crippen LogP contribution in [0.2, 0.25) is 0 Å². The summed E-state index contributed by atoms with van der Waals surface area (Å²) >= 11 is 1.36. The van der Waals surface area contributed by atoms with Crippen LogP contribution in [-0.2, 0) is 29.8 Å². The van der Waals surface area contributed by atoms with Crippen molar-refractivity contribution in [2.24, 2.45) is 0 Å². The highest BCUT2D eigenvalue weighted by atomic mass is 32.2. The molecule has 2 atom stereocenters. The van der Waals surface area contributed by atoms with Gasteiger partial charge in [0.2, 0.25) is 0 Å². The van der Waals surface area contributed by atoms with E-state index >= 15 is 0 Å². The first kappa shape index (κ1) is 12.9. The second-order valence-electron chi connectivity index (χ2n) is 4.18. The Morgan fingerprint density at radius 1 is 1.37 bits per heavy atom. The van der Waals surface area contributed by atoms with Gasteiger partial charge < -0.3 is 9.47 Å². The molecule has 6 heteroatoms. The van der Waals surface area contributed by atoms with Gasteiger partial charge in [0.1, 0.15) is 0 Å². The van der Waals surface area contributed by atoms with E-state index in [0.717, 1.165) is 5.56 Å². The summed E-state index contributed by atoms with van der Waals surface area (Å²) in [6.07, 6.45) is 0. The lowest BCUT2D eigenvalue weighted by atomic mass is 9.97. The van der Waals surface area contributed by atoms with Gasteiger partial charge in [0.15, 0.2) is 0 Å². The minimum absolute atomic E-state index is 0.287. The van der Waals surface area contributed by atoms with Crippen LogP contribution in [0.1, 0.15) is 12.5 Å². The summed E-state index contributed by atoms with van der Waals surface area (Å²) in [5.41, 5.74) is 0.751. The van der Waals surface area contributed by atoms with Gasteiger partial charge in [0.25, 0.3) is 5.79 Å². The fraction of sp³-hybridized carbons (Fsp3) is 0.462. The largest absolute Gasteiger partial charge is 0.463 e. The molecule has 19 heavy (non-hydrogen) atoms. The first-order valence-electron chi connectivity index (χ1n) is 6.13. The number of thioether (sulfide) groups is 1. The van der Waals surface area contributed by atoms with Crippen molar-refractivity contribution < 1.29 is 24.0 Å². The number of ether oxygens (including phenoxy) is 2. The smallest absolute Gasteiger partial charge is 0.358 e. The lowest BCUT2D eigenvalue weighted by Gasteiger charge is -2.54. The maximum atomic E-state index is 12.2. The molecule has 0 aromatic heterocycles. The van der Waals surface area contributed by atoms with E-state index in [1.54, 1.807) is 6.92 Å². The van der Waals surface area contributed by atoms with Gasteiger partial charge in [-0.05, 0) is 6.92 Å². The molecule has 2 heterocycles. The summed E-state index contributed by atoms with van der Waals surface area (Å²) in [5, 5.41) is 0. The van der Waals surface area contributed by atoms with Crippen molar-refractivity contribution in [3.8, 4) is 0 Å². The normalized spacial score (nSPS) is 33.1. The maximum absolute atomic E-state index is 12.2. The van der Waals surface area contributed by atoms with Gasteiger partial charge in [-0.2, -0.15) is 9.78 Å². The fourth-order valence-corrected chi connectivity index (χ4v) is 3.35. The molecule has 5 nitrogen and oxygen atoms in total. The molecule has 0 aliphatic carbocycles. The Balaban J connectivity index is 2.00. The second-order valence-corrected chi connectivity index (χ2v) is 5.46. The van der Waals surface area contributed by atoms with E-state index in [9.17, 15) is 4.79 Å². The summed E-state index contributed by atoms with van der Waals surface area (Å²) in [4.78, 5) is 21.4. The molecule has 0 saturated carbocycles. The molecule has 2 saturated heterocycles. The molecule has 0 bridgehead atoms. The van der Waals surface area contributed by atoms with Gasteiger partial charge in [-0.1, -0.05) is 30.3 Å². The summed E-state index contributed by atoms with van der Waals surface area (Å²) in [6, 6.07) is 9.32. The number of benzene rings is 1. The highest BCUT2D eigenvalue weighted by Gasteiger charge is 2.74. The molecule has 2 fully saturated rings. The van der Waals surface area contributed by atoms with Crippen molar-refractivity contribution >= 4 is 17.7 Å². The number of rotatable bonds is 3. The first-order valence-corrected chi connectivity index (χ1v) is 7.11. The number of carbonyl (C=O) groups is 1. The van der Waals surface area contributed by atoms with Crippen LogP contribution in [-0.4, -0.2) is 29.9 Å². The van der Waals surface area contributed by atoms with Crippen molar-refractivity contribution in [1.29, 1.82) is 0 Å².